The van der Waals surface area contributed by atoms with Crippen LogP contribution in [0.2, 0.25) is 0 Å². The number of carboxylic acid groups (broad SMARTS) is 1. The van der Waals surface area contributed by atoms with Crippen molar-refractivity contribution in [2.45, 2.75) is 76.5 Å². The van der Waals surface area contributed by atoms with Gasteiger partial charge in [0, 0.05) is 18.0 Å². The van der Waals surface area contributed by atoms with Crippen LogP contribution in [0.5, 0.6) is 0 Å². The number of rotatable bonds is 10. The van der Waals surface area contributed by atoms with Crippen LogP contribution in [0.3, 0.4) is 0 Å². The number of halogens is 1. The molecule has 0 saturated heterocycles. The third-order valence-electron chi connectivity index (χ3n) is 5.91. The molecule has 1 aromatic carbocycles. The van der Waals surface area contributed by atoms with Crippen molar-refractivity contribution in [3.8, 4) is 5.69 Å². The minimum Gasteiger partial charge on any atom is -1.00 e. The van der Waals surface area contributed by atoms with E-state index in [0.717, 1.165) is 25.7 Å². The van der Waals surface area contributed by atoms with Crippen LogP contribution in [-0.2, 0) is 4.79 Å². The Hall–Kier alpha value is -2.04. The number of aliphatic carboxylic acids is 1. The van der Waals surface area contributed by atoms with E-state index in [9.17, 15) is 24.2 Å². The van der Waals surface area contributed by atoms with E-state index in [1.54, 1.807) is 18.2 Å². The van der Waals surface area contributed by atoms with Crippen LogP contribution in [0, 0.1) is 5.82 Å². The molecule has 1 aliphatic carbocycles. The predicted molar refractivity (Wildman–Crippen MR) is 126 cm³/mol. The summed E-state index contributed by atoms with van der Waals surface area (Å²) in [5, 5.41) is 36.6. The second kappa shape index (κ2) is 13.3. The van der Waals surface area contributed by atoms with E-state index >= 15 is 0 Å². The number of carbonyl (C=O) groups excluding carboxylic acids is 1. The van der Waals surface area contributed by atoms with Crippen LogP contribution in [0.1, 0.15) is 81.5 Å². The van der Waals surface area contributed by atoms with Gasteiger partial charge in [-0.25, -0.2) is 9.07 Å². The minimum absolute atomic E-state index is 0. The van der Waals surface area contributed by atoms with Gasteiger partial charge in [0.15, 0.2) is 5.69 Å². The van der Waals surface area contributed by atoms with Crippen molar-refractivity contribution in [2.75, 3.05) is 0 Å². The van der Waals surface area contributed by atoms with E-state index in [2.05, 4.69) is 10.4 Å². The first-order valence-corrected chi connectivity index (χ1v) is 11.6. The molecule has 1 aromatic heterocycles. The first-order chi connectivity index (χ1) is 16.2. The Morgan fingerprint density at radius 2 is 1.86 bits per heavy atom. The molecule has 4 N–H and O–H groups in total. The Bertz CT molecular complexity index is 1040. The standard InChI is InChI=1S/C25H32FN3O5.Na.H/c1-15(2)23-21(12-11-19(30)13-20(31)14-22(32)33)29(18-9-7-16(26)8-10-18)28-24(23)25(34)27-17-5-3-4-6-17;;/h7-12,15,17,19-20,30-31H,3-6,13-14H2,1-2H3,(H,27,34)(H,32,33);;/q;+1;-1/b12-11+;;/t19-,20+;;/m0../s1. The molecule has 2 atom stereocenters. The molecule has 1 fully saturated rings. The number of carbonyl (C=O) groups is 2. The van der Waals surface area contributed by atoms with Gasteiger partial charge in [-0.2, -0.15) is 5.10 Å². The fraction of sp³-hybridized carbons (Fsp3) is 0.480. The number of amides is 1. The minimum atomic E-state index is -1.20. The molecular formula is C25H33FN3NaO5. The molecule has 3 rings (SSSR count). The molecule has 0 aliphatic heterocycles. The summed E-state index contributed by atoms with van der Waals surface area (Å²) in [4.78, 5) is 23.9. The SMILES string of the molecule is CC(C)c1c(C(=O)NC2CCCC2)nn(-c2ccc(F)cc2)c1/C=C/[C@H](O)C[C@@H](O)CC(=O)O.[H-].[Na+]. The van der Waals surface area contributed by atoms with Crippen molar-refractivity contribution in [1.82, 2.24) is 15.1 Å². The average molecular weight is 498 g/mol. The number of carboxylic acids is 1. The average Bonchev–Trinajstić information content (AvgIpc) is 3.39. The van der Waals surface area contributed by atoms with E-state index < -0.39 is 30.4 Å². The van der Waals surface area contributed by atoms with Gasteiger partial charge in [0.1, 0.15) is 5.82 Å². The Balaban J connectivity index is 0.00000324. The summed E-state index contributed by atoms with van der Waals surface area (Å²) < 4.78 is 15.1. The summed E-state index contributed by atoms with van der Waals surface area (Å²) >= 11 is 0. The fourth-order valence-corrected chi connectivity index (χ4v) is 4.29. The molecule has 0 radical (unpaired) electrons. The number of hydrogen-bond acceptors (Lipinski definition) is 5. The molecule has 8 nitrogen and oxygen atoms in total. The summed E-state index contributed by atoms with van der Waals surface area (Å²) in [6.07, 6.45) is 4.12. The van der Waals surface area contributed by atoms with Crippen molar-refractivity contribution >= 4 is 18.0 Å². The monoisotopic (exact) mass is 497 g/mol. The number of aliphatic hydroxyl groups excluding tert-OH is 2. The number of aliphatic hydroxyl groups is 2. The van der Waals surface area contributed by atoms with Gasteiger partial charge in [-0.05, 0) is 49.1 Å². The smallest absolute Gasteiger partial charge is 1.00 e. The zero-order valence-corrected chi connectivity index (χ0v) is 22.4. The van der Waals surface area contributed by atoms with Crippen LogP contribution in [0.15, 0.2) is 30.3 Å². The van der Waals surface area contributed by atoms with Gasteiger partial charge in [0.05, 0.1) is 30.0 Å². The molecule has 0 bridgehead atoms. The van der Waals surface area contributed by atoms with Crippen molar-refractivity contribution in [1.29, 1.82) is 0 Å². The van der Waals surface area contributed by atoms with Gasteiger partial charge in [0.25, 0.3) is 5.91 Å². The van der Waals surface area contributed by atoms with Crippen LogP contribution >= 0.6 is 0 Å². The number of benzene rings is 1. The first-order valence-electron chi connectivity index (χ1n) is 11.6. The van der Waals surface area contributed by atoms with Gasteiger partial charge >= 0.3 is 35.5 Å². The molecule has 186 valence electrons. The van der Waals surface area contributed by atoms with Crippen LogP contribution < -0.4 is 34.9 Å². The Morgan fingerprint density at radius 1 is 1.23 bits per heavy atom. The molecule has 1 saturated carbocycles. The van der Waals surface area contributed by atoms with E-state index in [-0.39, 0.29) is 61.0 Å². The maximum Gasteiger partial charge on any atom is 1.00 e. The van der Waals surface area contributed by atoms with Gasteiger partial charge < -0.3 is 22.1 Å². The summed E-state index contributed by atoms with van der Waals surface area (Å²) in [5.41, 5.74) is 2.04. The third-order valence-corrected chi connectivity index (χ3v) is 5.91. The summed E-state index contributed by atoms with van der Waals surface area (Å²) in [7, 11) is 0. The van der Waals surface area contributed by atoms with Crippen LogP contribution in [-0.4, -0.2) is 55.2 Å². The zero-order valence-electron chi connectivity index (χ0n) is 21.4. The molecule has 10 heteroatoms. The van der Waals surface area contributed by atoms with E-state index in [1.807, 2.05) is 13.8 Å². The van der Waals surface area contributed by atoms with Crippen molar-refractivity contribution in [3.05, 3.63) is 53.1 Å². The van der Waals surface area contributed by atoms with Gasteiger partial charge in [0.2, 0.25) is 0 Å². The zero-order chi connectivity index (χ0) is 24.8. The summed E-state index contributed by atoms with van der Waals surface area (Å²) in [6, 6.07) is 5.81. The fourth-order valence-electron chi connectivity index (χ4n) is 4.29. The van der Waals surface area contributed by atoms with Crippen molar-refractivity contribution in [2.24, 2.45) is 0 Å². The quantitative estimate of drug-likeness (QED) is 0.355. The molecule has 1 heterocycles. The number of hydrogen-bond donors (Lipinski definition) is 4. The molecule has 1 aliphatic rings. The van der Waals surface area contributed by atoms with E-state index in [4.69, 9.17) is 5.11 Å². The van der Waals surface area contributed by atoms with Crippen molar-refractivity contribution < 1.29 is 60.3 Å². The second-order valence-electron chi connectivity index (χ2n) is 9.06. The normalized spacial score (nSPS) is 15.8. The maximum atomic E-state index is 13.5. The predicted octanol–water partition coefficient (Wildman–Crippen LogP) is 0.524. The largest absolute Gasteiger partial charge is 1.00 e. The Morgan fingerprint density at radius 3 is 2.43 bits per heavy atom. The van der Waals surface area contributed by atoms with E-state index in [1.165, 1.54) is 22.9 Å². The topological polar surface area (TPSA) is 125 Å². The molecule has 0 spiro atoms. The maximum absolute atomic E-state index is 13.5. The second-order valence-corrected chi connectivity index (χ2v) is 9.06. The molecule has 1 amide bonds. The van der Waals surface area contributed by atoms with Gasteiger partial charge in [-0.3, -0.25) is 9.59 Å². The van der Waals surface area contributed by atoms with Gasteiger partial charge in [-0.15, -0.1) is 0 Å². The van der Waals surface area contributed by atoms with Crippen LogP contribution in [0.25, 0.3) is 11.8 Å². The first kappa shape index (κ1) is 29.2. The number of aromatic nitrogens is 2. The molecule has 2 aromatic rings. The third kappa shape index (κ3) is 7.98. The number of nitrogens with one attached hydrogen (secondary N) is 1. The number of nitrogens with zero attached hydrogens (tertiary/aromatic N) is 2. The van der Waals surface area contributed by atoms with Crippen LogP contribution in [0.4, 0.5) is 4.39 Å². The molecular weight excluding hydrogens is 464 g/mol. The molecule has 35 heavy (non-hydrogen) atoms. The Kier molecular flexibility index (Phi) is 11.1. The van der Waals surface area contributed by atoms with Gasteiger partial charge in [-0.1, -0.05) is 32.8 Å². The summed E-state index contributed by atoms with van der Waals surface area (Å²) in [5.74, 6) is -1.92. The van der Waals surface area contributed by atoms with E-state index in [0.29, 0.717) is 16.9 Å². The summed E-state index contributed by atoms with van der Waals surface area (Å²) in [6.45, 7) is 3.87. The molecule has 0 unspecified atom stereocenters. The Labute approximate surface area is 228 Å². The van der Waals surface area contributed by atoms with Crippen molar-refractivity contribution in [3.63, 3.8) is 0 Å².